The van der Waals surface area contributed by atoms with Crippen molar-refractivity contribution in [3.05, 3.63) is 47.5 Å². The molecule has 5 rings (SSSR count). The van der Waals surface area contributed by atoms with Gasteiger partial charge in [0.1, 0.15) is 0 Å². The van der Waals surface area contributed by atoms with Crippen molar-refractivity contribution < 1.29 is 22.7 Å². The first kappa shape index (κ1) is 23.9. The summed E-state index contributed by atoms with van der Waals surface area (Å²) in [6.07, 6.45) is 6.06. The van der Waals surface area contributed by atoms with E-state index < -0.39 is 10.0 Å². The van der Waals surface area contributed by atoms with Crippen molar-refractivity contribution in [3.8, 4) is 11.5 Å². The highest BCUT2D eigenvalue weighted by Gasteiger charge is 2.29. The van der Waals surface area contributed by atoms with E-state index >= 15 is 0 Å². The Morgan fingerprint density at radius 2 is 1.57 bits per heavy atom. The lowest BCUT2D eigenvalue weighted by atomic mass is 10.0. The average Bonchev–Trinajstić information content (AvgIpc) is 3.37. The molecule has 0 radical (unpaired) electrons. The first-order valence-corrected chi connectivity index (χ1v) is 14.0. The molecule has 2 fully saturated rings. The normalized spacial score (nSPS) is 19.4. The van der Waals surface area contributed by atoms with Crippen molar-refractivity contribution in [2.24, 2.45) is 0 Å². The van der Waals surface area contributed by atoms with Gasteiger partial charge in [0.05, 0.1) is 16.5 Å². The second-order valence-electron chi connectivity index (χ2n) is 9.50. The zero-order valence-electron chi connectivity index (χ0n) is 20.2. The summed E-state index contributed by atoms with van der Waals surface area (Å²) in [6, 6.07) is 10.3. The predicted octanol–water partition coefficient (Wildman–Crippen LogP) is 4.07. The molecule has 1 atom stereocenters. The first-order valence-electron chi connectivity index (χ1n) is 12.5. The molecule has 2 saturated heterocycles. The van der Waals surface area contributed by atoms with Crippen LogP contribution in [0, 0.1) is 0 Å². The summed E-state index contributed by atoms with van der Waals surface area (Å²) in [4.78, 5) is 16.0. The number of ether oxygens (including phenoxy) is 2. The molecular formula is C26H33N3O5S. The maximum absolute atomic E-state index is 13.6. The molecule has 3 heterocycles. The van der Waals surface area contributed by atoms with Gasteiger partial charge in [-0.2, -0.15) is 4.31 Å². The van der Waals surface area contributed by atoms with Gasteiger partial charge in [0, 0.05) is 31.9 Å². The molecule has 3 aliphatic heterocycles. The number of carbonyl (C=O) groups is 1. The number of hydrogen-bond donors (Lipinski definition) is 1. The predicted molar refractivity (Wildman–Crippen MR) is 134 cm³/mol. The van der Waals surface area contributed by atoms with Gasteiger partial charge in [-0.1, -0.05) is 12.5 Å². The van der Waals surface area contributed by atoms with Gasteiger partial charge < -0.3 is 19.7 Å². The number of benzene rings is 2. The molecule has 0 spiro atoms. The summed E-state index contributed by atoms with van der Waals surface area (Å²) < 4.78 is 39.1. The van der Waals surface area contributed by atoms with Crippen LogP contribution in [0.5, 0.6) is 11.5 Å². The molecule has 3 aliphatic rings. The van der Waals surface area contributed by atoms with E-state index in [0.29, 0.717) is 30.2 Å². The van der Waals surface area contributed by atoms with Gasteiger partial charge in [0.25, 0.3) is 5.91 Å². The number of nitrogens with zero attached hydrogens (tertiary/aromatic N) is 2. The third-order valence-electron chi connectivity index (χ3n) is 7.11. The number of fused-ring (bicyclic) bond motifs is 1. The fourth-order valence-corrected chi connectivity index (χ4v) is 6.61. The lowest BCUT2D eigenvalue weighted by molar-refractivity contribution is 0.0940. The summed E-state index contributed by atoms with van der Waals surface area (Å²) >= 11 is 0. The van der Waals surface area contributed by atoms with Crippen LogP contribution >= 0.6 is 0 Å². The number of sulfonamides is 1. The van der Waals surface area contributed by atoms with E-state index in [1.54, 1.807) is 16.4 Å². The molecule has 1 amide bonds. The Kier molecular flexibility index (Phi) is 6.88. The van der Waals surface area contributed by atoms with E-state index in [9.17, 15) is 13.2 Å². The molecule has 0 bridgehead atoms. The molecule has 9 heteroatoms. The van der Waals surface area contributed by atoms with Crippen LogP contribution in [0.3, 0.4) is 0 Å². The van der Waals surface area contributed by atoms with Gasteiger partial charge in [-0.15, -0.1) is 0 Å². The van der Waals surface area contributed by atoms with E-state index in [2.05, 4.69) is 10.2 Å². The summed E-state index contributed by atoms with van der Waals surface area (Å²) in [5.74, 6) is 1.06. The van der Waals surface area contributed by atoms with Crippen molar-refractivity contribution in [1.29, 1.82) is 0 Å². The fourth-order valence-electron chi connectivity index (χ4n) is 5.06. The average molecular weight is 500 g/mol. The van der Waals surface area contributed by atoms with Gasteiger partial charge in [-0.25, -0.2) is 8.42 Å². The number of piperidine rings is 2. The third kappa shape index (κ3) is 4.97. The third-order valence-corrected chi connectivity index (χ3v) is 9.00. The number of nitrogens with one attached hydrogen (secondary N) is 1. The number of hydrogen-bond acceptors (Lipinski definition) is 6. The van der Waals surface area contributed by atoms with Crippen LogP contribution in [-0.2, 0) is 10.0 Å². The number of anilines is 1. The molecule has 2 aromatic carbocycles. The minimum Gasteiger partial charge on any atom is -0.454 e. The van der Waals surface area contributed by atoms with Crippen LogP contribution in [-0.4, -0.2) is 51.6 Å². The molecule has 0 aliphatic carbocycles. The van der Waals surface area contributed by atoms with Gasteiger partial charge in [0.15, 0.2) is 11.5 Å². The van der Waals surface area contributed by atoms with Crippen LogP contribution in [0.25, 0.3) is 0 Å². The molecule has 1 N–H and O–H groups in total. The second-order valence-corrected chi connectivity index (χ2v) is 11.4. The standard InChI is InChI=1S/C26H33N3O5S/c1-19(20-8-11-24-25(16-20)34-18-33-24)27-26(30)22-17-21(35(31,32)29-14-6-3-7-15-29)9-10-23(22)28-12-4-2-5-13-28/h8-11,16-17,19H,2-7,12-15,18H2,1H3,(H,27,30). The van der Waals surface area contributed by atoms with Crippen molar-refractivity contribution in [2.75, 3.05) is 37.9 Å². The summed E-state index contributed by atoms with van der Waals surface area (Å²) in [7, 11) is -3.65. The van der Waals surface area contributed by atoms with Crippen LogP contribution in [0.15, 0.2) is 41.3 Å². The summed E-state index contributed by atoms with van der Waals surface area (Å²) in [6.45, 7) is 4.87. The van der Waals surface area contributed by atoms with E-state index in [1.165, 1.54) is 6.42 Å². The summed E-state index contributed by atoms with van der Waals surface area (Å²) in [5.41, 5.74) is 2.08. The van der Waals surface area contributed by atoms with Gasteiger partial charge in [-0.3, -0.25) is 4.79 Å². The minimum atomic E-state index is -3.65. The van der Waals surface area contributed by atoms with Crippen LogP contribution in [0.1, 0.15) is 67.4 Å². The van der Waals surface area contributed by atoms with Crippen molar-refractivity contribution >= 4 is 21.6 Å². The lowest BCUT2D eigenvalue weighted by Gasteiger charge is -2.31. The molecular weight excluding hydrogens is 466 g/mol. The number of amides is 1. The lowest BCUT2D eigenvalue weighted by Crippen LogP contribution is -2.36. The van der Waals surface area contributed by atoms with Crippen molar-refractivity contribution in [3.63, 3.8) is 0 Å². The summed E-state index contributed by atoms with van der Waals surface area (Å²) in [5, 5.41) is 3.07. The maximum atomic E-state index is 13.6. The Hall–Kier alpha value is -2.78. The molecule has 8 nitrogen and oxygen atoms in total. The Labute approximate surface area is 207 Å². The van der Waals surface area contributed by atoms with E-state index in [4.69, 9.17) is 9.47 Å². The fraction of sp³-hybridized carbons (Fsp3) is 0.500. The van der Waals surface area contributed by atoms with Crippen LogP contribution in [0.4, 0.5) is 5.69 Å². The highest BCUT2D eigenvalue weighted by Crippen LogP contribution is 2.35. The Morgan fingerprint density at radius 3 is 2.31 bits per heavy atom. The van der Waals surface area contributed by atoms with Gasteiger partial charge >= 0.3 is 0 Å². The monoisotopic (exact) mass is 499 g/mol. The topological polar surface area (TPSA) is 88.2 Å². The van der Waals surface area contributed by atoms with E-state index in [-0.39, 0.29) is 23.6 Å². The minimum absolute atomic E-state index is 0.182. The van der Waals surface area contributed by atoms with Gasteiger partial charge in [-0.05, 0) is 74.9 Å². The highest BCUT2D eigenvalue weighted by molar-refractivity contribution is 7.89. The van der Waals surface area contributed by atoms with E-state index in [0.717, 1.165) is 56.4 Å². The molecule has 188 valence electrons. The number of rotatable bonds is 6. The second kappa shape index (κ2) is 10.1. The number of carbonyl (C=O) groups excluding carboxylic acids is 1. The molecule has 0 aromatic heterocycles. The van der Waals surface area contributed by atoms with Crippen molar-refractivity contribution in [2.45, 2.75) is 56.4 Å². The van der Waals surface area contributed by atoms with Crippen LogP contribution < -0.4 is 19.7 Å². The molecule has 35 heavy (non-hydrogen) atoms. The smallest absolute Gasteiger partial charge is 0.253 e. The molecule has 2 aromatic rings. The quantitative estimate of drug-likeness (QED) is 0.645. The largest absolute Gasteiger partial charge is 0.454 e. The van der Waals surface area contributed by atoms with Crippen LogP contribution in [0.2, 0.25) is 0 Å². The Bertz CT molecular complexity index is 1190. The van der Waals surface area contributed by atoms with Gasteiger partial charge in [0.2, 0.25) is 16.8 Å². The highest BCUT2D eigenvalue weighted by atomic mass is 32.2. The SMILES string of the molecule is CC(NC(=O)c1cc(S(=O)(=O)N2CCCCC2)ccc1N1CCCCC1)c1ccc2c(c1)OCO2. The Balaban J connectivity index is 1.44. The molecule has 0 saturated carbocycles. The van der Waals surface area contributed by atoms with Crippen molar-refractivity contribution in [1.82, 2.24) is 9.62 Å². The Morgan fingerprint density at radius 1 is 0.886 bits per heavy atom. The maximum Gasteiger partial charge on any atom is 0.253 e. The molecule has 1 unspecified atom stereocenters. The van der Waals surface area contributed by atoms with E-state index in [1.807, 2.05) is 31.2 Å². The first-order chi connectivity index (χ1) is 16.9. The zero-order chi connectivity index (χ0) is 24.4. The zero-order valence-corrected chi connectivity index (χ0v) is 21.0.